The van der Waals surface area contributed by atoms with Crippen LogP contribution in [0.5, 0.6) is 0 Å². The van der Waals surface area contributed by atoms with Crippen LogP contribution in [0.3, 0.4) is 0 Å². The van der Waals surface area contributed by atoms with Crippen LogP contribution in [-0.2, 0) is 19.9 Å². The molecule has 0 aliphatic carbocycles. The second kappa shape index (κ2) is 7.44. The van der Waals surface area contributed by atoms with Gasteiger partial charge in [0.25, 0.3) is 0 Å². The van der Waals surface area contributed by atoms with Crippen LogP contribution in [0.2, 0.25) is 5.02 Å². The highest BCUT2D eigenvalue weighted by Crippen LogP contribution is 2.33. The average molecular weight is 442 g/mol. The monoisotopic (exact) mass is 441 g/mol. The molecule has 0 spiro atoms. The summed E-state index contributed by atoms with van der Waals surface area (Å²) in [6.07, 6.45) is 0.271. The molecule has 0 bridgehead atoms. The number of hydrogen-bond acceptors (Lipinski definition) is 4. The van der Waals surface area contributed by atoms with E-state index in [0.717, 1.165) is 11.1 Å². The summed E-state index contributed by atoms with van der Waals surface area (Å²) in [5.41, 5.74) is 3.25. The van der Waals surface area contributed by atoms with Gasteiger partial charge in [0, 0.05) is 18.1 Å². The molecule has 28 heavy (non-hydrogen) atoms. The molecule has 5 nitrogen and oxygen atoms in total. The maximum Gasteiger partial charge on any atom is 0.243 e. The minimum absolute atomic E-state index is 0.0425. The molecule has 1 heterocycles. The van der Waals surface area contributed by atoms with Crippen molar-refractivity contribution in [1.29, 1.82) is 0 Å². The summed E-state index contributed by atoms with van der Waals surface area (Å²) in [5, 5.41) is -0.315. The first-order valence-corrected chi connectivity index (χ1v) is 12.4. The van der Waals surface area contributed by atoms with Crippen LogP contribution in [0.15, 0.2) is 40.1 Å². The van der Waals surface area contributed by atoms with Crippen molar-refractivity contribution < 1.29 is 16.8 Å². The van der Waals surface area contributed by atoms with E-state index in [1.54, 1.807) is 13.8 Å². The van der Waals surface area contributed by atoms with Gasteiger partial charge in [-0.2, -0.15) is 4.31 Å². The Bertz CT molecular complexity index is 1100. The molecule has 0 amide bonds. The van der Waals surface area contributed by atoms with E-state index in [1.807, 2.05) is 19.9 Å². The third-order valence-electron chi connectivity index (χ3n) is 5.58. The Kier molecular flexibility index (Phi) is 5.66. The van der Waals surface area contributed by atoms with Gasteiger partial charge >= 0.3 is 0 Å². The second-order valence-corrected chi connectivity index (χ2v) is 11.9. The number of halogens is 1. The zero-order valence-corrected chi connectivity index (χ0v) is 18.7. The van der Waals surface area contributed by atoms with E-state index in [4.69, 9.17) is 11.6 Å². The Labute approximate surface area is 172 Å². The summed E-state index contributed by atoms with van der Waals surface area (Å²) in [6, 6.07) is 7.96. The molecule has 0 radical (unpaired) electrons. The maximum atomic E-state index is 13.3. The minimum Gasteiger partial charge on any atom is -0.223 e. The van der Waals surface area contributed by atoms with Gasteiger partial charge in [-0.3, -0.25) is 0 Å². The van der Waals surface area contributed by atoms with E-state index in [-0.39, 0.29) is 24.4 Å². The van der Waals surface area contributed by atoms with Crippen molar-refractivity contribution >= 4 is 31.5 Å². The van der Waals surface area contributed by atoms with Crippen molar-refractivity contribution in [2.45, 2.75) is 49.2 Å². The number of nitrogens with zero attached hydrogens (tertiary/aromatic N) is 1. The number of hydrogen-bond donors (Lipinski definition) is 0. The standard InChI is InChI=1S/C20H24ClNO4S2/c1-13-11-14(2)16(4)20(15(13)3)28(25,26)22-10-9-19(12-22)27(23,24)18-7-5-17(21)6-8-18/h5-8,11,19H,9-10,12H2,1-4H3. The smallest absolute Gasteiger partial charge is 0.223 e. The van der Waals surface area contributed by atoms with Crippen molar-refractivity contribution in [2.24, 2.45) is 0 Å². The lowest BCUT2D eigenvalue weighted by Crippen LogP contribution is -2.33. The molecule has 1 fully saturated rings. The molecule has 3 rings (SSSR count). The Morgan fingerprint density at radius 2 is 1.46 bits per heavy atom. The molecule has 0 aromatic heterocycles. The van der Waals surface area contributed by atoms with Gasteiger partial charge in [-0.05, 0) is 80.6 Å². The first kappa shape index (κ1) is 21.3. The molecule has 1 unspecified atom stereocenters. The van der Waals surface area contributed by atoms with Crippen molar-refractivity contribution in [3.8, 4) is 0 Å². The summed E-state index contributed by atoms with van der Waals surface area (Å²) < 4.78 is 53.9. The molecule has 2 aromatic carbocycles. The highest BCUT2D eigenvalue weighted by molar-refractivity contribution is 7.92. The van der Waals surface area contributed by atoms with E-state index in [9.17, 15) is 16.8 Å². The number of sulfone groups is 1. The van der Waals surface area contributed by atoms with Crippen LogP contribution in [0.25, 0.3) is 0 Å². The Morgan fingerprint density at radius 3 is 2.00 bits per heavy atom. The molecule has 1 aliphatic heterocycles. The first-order valence-electron chi connectivity index (χ1n) is 9.03. The van der Waals surface area contributed by atoms with Crippen molar-refractivity contribution in [3.63, 3.8) is 0 Å². The number of rotatable bonds is 4. The fourth-order valence-electron chi connectivity index (χ4n) is 3.68. The normalized spacial score (nSPS) is 18.5. The molecule has 1 atom stereocenters. The number of benzene rings is 2. The van der Waals surface area contributed by atoms with E-state index < -0.39 is 25.1 Å². The zero-order valence-electron chi connectivity index (χ0n) is 16.4. The summed E-state index contributed by atoms with van der Waals surface area (Å²) in [7, 11) is -7.41. The summed E-state index contributed by atoms with van der Waals surface area (Å²) >= 11 is 5.85. The fourth-order valence-corrected chi connectivity index (χ4v) is 7.67. The molecule has 1 aliphatic rings. The van der Waals surface area contributed by atoms with Gasteiger partial charge in [0.2, 0.25) is 10.0 Å². The molecule has 8 heteroatoms. The topological polar surface area (TPSA) is 71.5 Å². The largest absolute Gasteiger partial charge is 0.243 e. The third kappa shape index (κ3) is 3.61. The fraction of sp³-hybridized carbons (Fsp3) is 0.400. The highest BCUT2D eigenvalue weighted by Gasteiger charge is 2.40. The first-order chi connectivity index (χ1) is 13.0. The predicted octanol–water partition coefficient (Wildman–Crippen LogP) is 3.81. The zero-order chi connectivity index (χ0) is 20.9. The van der Waals surface area contributed by atoms with Crippen LogP contribution < -0.4 is 0 Å². The van der Waals surface area contributed by atoms with E-state index >= 15 is 0 Å². The summed E-state index contributed by atoms with van der Waals surface area (Å²) in [4.78, 5) is 0.467. The van der Waals surface area contributed by atoms with Gasteiger partial charge in [0.1, 0.15) is 0 Å². The van der Waals surface area contributed by atoms with Crippen molar-refractivity contribution in [2.75, 3.05) is 13.1 Å². The van der Waals surface area contributed by atoms with Crippen LogP contribution in [0.1, 0.15) is 28.7 Å². The highest BCUT2D eigenvalue weighted by atomic mass is 35.5. The lowest BCUT2D eigenvalue weighted by molar-refractivity contribution is 0.475. The third-order valence-corrected chi connectivity index (χ3v) is 10.2. The molecule has 2 aromatic rings. The maximum absolute atomic E-state index is 13.3. The van der Waals surface area contributed by atoms with Crippen LogP contribution in [-0.4, -0.2) is 39.5 Å². The Hall–Kier alpha value is -1.41. The summed E-state index contributed by atoms with van der Waals surface area (Å²) in [6.45, 7) is 7.52. The van der Waals surface area contributed by atoms with Gasteiger partial charge < -0.3 is 0 Å². The van der Waals surface area contributed by atoms with Crippen molar-refractivity contribution in [3.05, 3.63) is 57.6 Å². The van der Waals surface area contributed by atoms with Gasteiger partial charge in [0.15, 0.2) is 9.84 Å². The second-order valence-electron chi connectivity index (χ2n) is 7.36. The van der Waals surface area contributed by atoms with Gasteiger partial charge in [-0.1, -0.05) is 17.7 Å². The van der Waals surface area contributed by atoms with Crippen LogP contribution in [0, 0.1) is 27.7 Å². The minimum atomic E-state index is -3.78. The Balaban J connectivity index is 1.95. The van der Waals surface area contributed by atoms with E-state index in [0.29, 0.717) is 21.0 Å². The molecule has 0 N–H and O–H groups in total. The molecule has 1 saturated heterocycles. The lowest BCUT2D eigenvalue weighted by Gasteiger charge is -2.22. The molecule has 152 valence electrons. The van der Waals surface area contributed by atoms with Gasteiger partial charge in [-0.25, -0.2) is 16.8 Å². The quantitative estimate of drug-likeness (QED) is 0.723. The van der Waals surface area contributed by atoms with E-state index in [1.165, 1.54) is 28.6 Å². The lowest BCUT2D eigenvalue weighted by atomic mass is 10.0. The van der Waals surface area contributed by atoms with Crippen molar-refractivity contribution in [1.82, 2.24) is 4.31 Å². The number of sulfonamides is 1. The molecule has 0 saturated carbocycles. The van der Waals surface area contributed by atoms with E-state index in [2.05, 4.69) is 0 Å². The van der Waals surface area contributed by atoms with Gasteiger partial charge in [0.05, 0.1) is 15.0 Å². The Morgan fingerprint density at radius 1 is 0.929 bits per heavy atom. The van der Waals surface area contributed by atoms with Crippen LogP contribution in [0.4, 0.5) is 0 Å². The number of aryl methyl sites for hydroxylation is 2. The molecular weight excluding hydrogens is 418 g/mol. The van der Waals surface area contributed by atoms with Gasteiger partial charge in [-0.15, -0.1) is 0 Å². The molecular formula is C20H24ClNO4S2. The van der Waals surface area contributed by atoms with Crippen LogP contribution >= 0.6 is 11.6 Å². The average Bonchev–Trinajstić information content (AvgIpc) is 3.12. The SMILES string of the molecule is Cc1cc(C)c(C)c(S(=O)(=O)N2CCC(S(=O)(=O)c3ccc(Cl)cc3)C2)c1C. The predicted molar refractivity (Wildman–Crippen MR) is 111 cm³/mol. The summed E-state index contributed by atoms with van der Waals surface area (Å²) in [5.74, 6) is 0.